The summed E-state index contributed by atoms with van der Waals surface area (Å²) < 4.78 is 0. The van der Waals surface area contributed by atoms with Crippen LogP contribution in [0.3, 0.4) is 0 Å². The first-order valence-corrected chi connectivity index (χ1v) is 7.04. The van der Waals surface area contributed by atoms with E-state index in [9.17, 15) is 4.79 Å². The van der Waals surface area contributed by atoms with Gasteiger partial charge < -0.3 is 9.80 Å². The molecule has 5 heteroatoms. The smallest absolute Gasteiger partial charge is 0.219 e. The van der Waals surface area contributed by atoms with Crippen LogP contribution in [-0.4, -0.2) is 98.0 Å². The molecule has 0 aromatic heterocycles. The zero-order valence-electron chi connectivity index (χ0n) is 11.8. The molecule has 104 valence electrons. The number of carbonyl (C=O) groups excluding carboxylic acids is 1. The third-order valence-electron chi connectivity index (χ3n) is 4.15. The first kappa shape index (κ1) is 13.8. The van der Waals surface area contributed by atoms with Crippen molar-refractivity contribution in [2.24, 2.45) is 0 Å². The van der Waals surface area contributed by atoms with Crippen LogP contribution in [0.4, 0.5) is 0 Å². The molecule has 5 nitrogen and oxygen atoms in total. The number of nitrogens with zero attached hydrogens (tertiary/aromatic N) is 4. The van der Waals surface area contributed by atoms with Gasteiger partial charge in [0.1, 0.15) is 0 Å². The maximum absolute atomic E-state index is 11.2. The molecule has 0 atom stereocenters. The maximum Gasteiger partial charge on any atom is 0.219 e. The van der Waals surface area contributed by atoms with Crippen molar-refractivity contribution in [1.29, 1.82) is 0 Å². The Labute approximate surface area is 110 Å². The summed E-state index contributed by atoms with van der Waals surface area (Å²) in [5.74, 6) is 0.216. The number of hydrogen-bond donors (Lipinski definition) is 0. The second kappa shape index (κ2) is 6.50. The van der Waals surface area contributed by atoms with Crippen molar-refractivity contribution < 1.29 is 4.79 Å². The van der Waals surface area contributed by atoms with Gasteiger partial charge in [0.05, 0.1) is 0 Å². The van der Waals surface area contributed by atoms with Gasteiger partial charge in [-0.25, -0.2) is 0 Å². The summed E-state index contributed by atoms with van der Waals surface area (Å²) in [6, 6.07) is 0. The number of piperazine rings is 2. The molecule has 1 amide bonds. The van der Waals surface area contributed by atoms with Gasteiger partial charge in [-0.3, -0.25) is 14.6 Å². The predicted molar refractivity (Wildman–Crippen MR) is 72.6 cm³/mol. The summed E-state index contributed by atoms with van der Waals surface area (Å²) in [6.45, 7) is 12.6. The summed E-state index contributed by atoms with van der Waals surface area (Å²) in [4.78, 5) is 20.6. The molecule has 0 bridgehead atoms. The molecule has 0 saturated carbocycles. The Morgan fingerprint density at radius 2 is 1.28 bits per heavy atom. The van der Waals surface area contributed by atoms with E-state index in [0.717, 1.165) is 32.7 Å². The largest absolute Gasteiger partial charge is 0.340 e. The summed E-state index contributed by atoms with van der Waals surface area (Å²) in [6.07, 6.45) is 0. The minimum atomic E-state index is 0.216. The van der Waals surface area contributed by atoms with Crippen LogP contribution in [0, 0.1) is 0 Å². The number of hydrogen-bond acceptors (Lipinski definition) is 4. The monoisotopic (exact) mass is 254 g/mol. The van der Waals surface area contributed by atoms with Crippen molar-refractivity contribution in [3.63, 3.8) is 0 Å². The summed E-state index contributed by atoms with van der Waals surface area (Å²) in [5.41, 5.74) is 0. The lowest BCUT2D eigenvalue weighted by molar-refractivity contribution is -0.130. The van der Waals surface area contributed by atoms with Gasteiger partial charge in [0.15, 0.2) is 0 Å². The fourth-order valence-electron chi connectivity index (χ4n) is 2.64. The second-order valence-electron chi connectivity index (χ2n) is 5.49. The highest BCUT2D eigenvalue weighted by atomic mass is 16.2. The lowest BCUT2D eigenvalue weighted by Gasteiger charge is -2.37. The average molecular weight is 254 g/mol. The Morgan fingerprint density at radius 1 is 0.833 bits per heavy atom. The molecule has 0 N–H and O–H groups in total. The molecule has 0 spiro atoms. The quantitative estimate of drug-likeness (QED) is 0.673. The van der Waals surface area contributed by atoms with Gasteiger partial charge in [0.2, 0.25) is 5.91 Å². The molecule has 18 heavy (non-hydrogen) atoms. The predicted octanol–water partition coefficient (Wildman–Crippen LogP) is -0.602. The van der Waals surface area contributed by atoms with E-state index < -0.39 is 0 Å². The molecule has 0 aromatic carbocycles. The van der Waals surface area contributed by atoms with Crippen molar-refractivity contribution in [2.75, 3.05) is 72.5 Å². The lowest BCUT2D eigenvalue weighted by atomic mass is 10.3. The van der Waals surface area contributed by atoms with Crippen LogP contribution >= 0.6 is 0 Å². The number of amides is 1. The maximum atomic E-state index is 11.2. The van der Waals surface area contributed by atoms with E-state index in [0.29, 0.717) is 0 Å². The van der Waals surface area contributed by atoms with Crippen molar-refractivity contribution in [2.45, 2.75) is 6.92 Å². The Hall–Kier alpha value is -0.650. The Balaban J connectivity index is 1.62. The number of likely N-dealkylation sites (N-methyl/N-ethyl adjacent to an activating group) is 1. The Morgan fingerprint density at radius 3 is 1.72 bits per heavy atom. The van der Waals surface area contributed by atoms with Gasteiger partial charge in [-0.1, -0.05) is 0 Å². The molecule has 0 unspecified atom stereocenters. The minimum Gasteiger partial charge on any atom is -0.340 e. The molecule has 0 aliphatic carbocycles. The third-order valence-corrected chi connectivity index (χ3v) is 4.15. The second-order valence-corrected chi connectivity index (χ2v) is 5.49. The van der Waals surface area contributed by atoms with Gasteiger partial charge in [0.25, 0.3) is 0 Å². The SMILES string of the molecule is CC(=O)N1CCN(CCN2CCN(C)CC2)CC1. The van der Waals surface area contributed by atoms with Crippen LogP contribution < -0.4 is 0 Å². The number of rotatable bonds is 3. The standard InChI is InChI=1S/C13H26N4O/c1-13(18)17-11-9-16(10-12-17)8-7-15-5-3-14(2)4-6-15/h3-12H2,1-2H3. The van der Waals surface area contributed by atoms with E-state index in [4.69, 9.17) is 0 Å². The zero-order valence-corrected chi connectivity index (χ0v) is 11.8. The first-order valence-electron chi connectivity index (χ1n) is 7.04. The number of carbonyl (C=O) groups is 1. The summed E-state index contributed by atoms with van der Waals surface area (Å²) in [5, 5.41) is 0. The fourth-order valence-corrected chi connectivity index (χ4v) is 2.64. The van der Waals surface area contributed by atoms with Crippen molar-refractivity contribution in [3.8, 4) is 0 Å². The average Bonchev–Trinajstić information content (AvgIpc) is 2.38. The van der Waals surface area contributed by atoms with Crippen LogP contribution in [0.1, 0.15) is 6.92 Å². The van der Waals surface area contributed by atoms with Crippen molar-refractivity contribution >= 4 is 5.91 Å². The summed E-state index contributed by atoms with van der Waals surface area (Å²) >= 11 is 0. The molecule has 2 heterocycles. The molecular formula is C13H26N4O. The Kier molecular flexibility index (Phi) is 4.97. The molecule has 0 aromatic rings. The van der Waals surface area contributed by atoms with Crippen LogP contribution in [0.5, 0.6) is 0 Å². The highest BCUT2D eigenvalue weighted by Gasteiger charge is 2.19. The molecule has 2 saturated heterocycles. The topological polar surface area (TPSA) is 30.0 Å². The van der Waals surface area contributed by atoms with Crippen molar-refractivity contribution in [1.82, 2.24) is 19.6 Å². The van der Waals surface area contributed by atoms with Crippen LogP contribution in [-0.2, 0) is 4.79 Å². The van der Waals surface area contributed by atoms with Gasteiger partial charge in [-0.05, 0) is 7.05 Å². The highest BCUT2D eigenvalue weighted by molar-refractivity contribution is 5.73. The van der Waals surface area contributed by atoms with Gasteiger partial charge in [-0.15, -0.1) is 0 Å². The van der Waals surface area contributed by atoms with E-state index in [2.05, 4.69) is 21.7 Å². The van der Waals surface area contributed by atoms with E-state index >= 15 is 0 Å². The van der Waals surface area contributed by atoms with Crippen molar-refractivity contribution in [3.05, 3.63) is 0 Å². The van der Waals surface area contributed by atoms with E-state index in [1.165, 1.54) is 32.7 Å². The van der Waals surface area contributed by atoms with Gasteiger partial charge >= 0.3 is 0 Å². The zero-order chi connectivity index (χ0) is 13.0. The molecule has 2 fully saturated rings. The molecule has 2 rings (SSSR count). The molecule has 2 aliphatic rings. The van der Waals surface area contributed by atoms with E-state index in [1.54, 1.807) is 6.92 Å². The van der Waals surface area contributed by atoms with Gasteiger partial charge in [0, 0.05) is 72.4 Å². The Bertz CT molecular complexity index is 268. The third kappa shape index (κ3) is 3.93. The summed E-state index contributed by atoms with van der Waals surface area (Å²) in [7, 11) is 2.19. The van der Waals surface area contributed by atoms with Crippen LogP contribution in [0.15, 0.2) is 0 Å². The van der Waals surface area contributed by atoms with Gasteiger partial charge in [-0.2, -0.15) is 0 Å². The normalized spacial score (nSPS) is 24.4. The lowest BCUT2D eigenvalue weighted by Crippen LogP contribution is -2.51. The fraction of sp³-hybridized carbons (Fsp3) is 0.923. The van der Waals surface area contributed by atoms with Crippen LogP contribution in [0.25, 0.3) is 0 Å². The molecular weight excluding hydrogens is 228 g/mol. The van der Waals surface area contributed by atoms with E-state index in [-0.39, 0.29) is 5.91 Å². The minimum absolute atomic E-state index is 0.216. The molecule has 0 radical (unpaired) electrons. The highest BCUT2D eigenvalue weighted by Crippen LogP contribution is 2.04. The van der Waals surface area contributed by atoms with Crippen LogP contribution in [0.2, 0.25) is 0 Å². The first-order chi connectivity index (χ1) is 8.65. The molecule has 2 aliphatic heterocycles. The van der Waals surface area contributed by atoms with E-state index in [1.807, 2.05) is 4.90 Å².